The average molecular weight is 327 g/mol. The Hall–Kier alpha value is -1.30. The normalized spacial score (nSPS) is 22.2. The number of carbonyl (C=O) groups excluding carboxylic acids is 1. The first-order valence-corrected chi connectivity index (χ1v) is 8.51. The molecule has 0 aromatic heterocycles. The van der Waals surface area contributed by atoms with Crippen molar-refractivity contribution in [2.75, 3.05) is 19.8 Å². The van der Waals surface area contributed by atoms with Gasteiger partial charge in [0.25, 0.3) is 0 Å². The van der Waals surface area contributed by atoms with Gasteiger partial charge in [0, 0.05) is 19.8 Å². The first-order valence-electron chi connectivity index (χ1n) is 8.51. The van der Waals surface area contributed by atoms with E-state index in [0.29, 0.717) is 25.6 Å². The summed E-state index contributed by atoms with van der Waals surface area (Å²) >= 11 is 0. The monoisotopic (exact) mass is 327 g/mol. The van der Waals surface area contributed by atoms with E-state index in [1.54, 1.807) is 20.8 Å². The van der Waals surface area contributed by atoms with Gasteiger partial charge in [-0.15, -0.1) is 0 Å². The Bertz CT molecular complexity index is 435. The van der Waals surface area contributed by atoms with Gasteiger partial charge in [0.1, 0.15) is 5.60 Å². The van der Waals surface area contributed by atoms with Gasteiger partial charge >= 0.3 is 12.1 Å². The van der Waals surface area contributed by atoms with Gasteiger partial charge in [0.05, 0.1) is 5.41 Å². The van der Waals surface area contributed by atoms with Crippen LogP contribution in [0.25, 0.3) is 0 Å². The molecule has 6 nitrogen and oxygen atoms in total. The van der Waals surface area contributed by atoms with Gasteiger partial charge in [-0.1, -0.05) is 0 Å². The molecule has 2 N–H and O–H groups in total. The molecule has 1 saturated carbocycles. The Labute approximate surface area is 137 Å². The van der Waals surface area contributed by atoms with Crippen molar-refractivity contribution in [3.63, 3.8) is 0 Å². The van der Waals surface area contributed by atoms with E-state index in [4.69, 9.17) is 9.47 Å². The van der Waals surface area contributed by atoms with E-state index in [1.165, 1.54) is 0 Å². The summed E-state index contributed by atoms with van der Waals surface area (Å²) in [6.07, 6.45) is 3.70. The van der Waals surface area contributed by atoms with Crippen molar-refractivity contribution in [2.24, 2.45) is 17.3 Å². The quantitative estimate of drug-likeness (QED) is 0.783. The van der Waals surface area contributed by atoms with Crippen LogP contribution in [-0.2, 0) is 14.3 Å². The summed E-state index contributed by atoms with van der Waals surface area (Å²) in [6.45, 7) is 6.91. The van der Waals surface area contributed by atoms with Crippen LogP contribution in [0, 0.1) is 17.3 Å². The van der Waals surface area contributed by atoms with Crippen LogP contribution in [0.3, 0.4) is 0 Å². The minimum absolute atomic E-state index is 0.138. The molecule has 2 aliphatic rings. The zero-order valence-electron chi connectivity index (χ0n) is 14.4. The number of carboxylic acid groups (broad SMARTS) is 1. The predicted octanol–water partition coefficient (Wildman–Crippen LogP) is 2.81. The highest BCUT2D eigenvalue weighted by molar-refractivity contribution is 5.77. The molecule has 2 rings (SSSR count). The van der Waals surface area contributed by atoms with E-state index in [1.807, 2.05) is 0 Å². The minimum Gasteiger partial charge on any atom is -0.481 e. The van der Waals surface area contributed by atoms with E-state index >= 15 is 0 Å². The Kier molecular flexibility index (Phi) is 5.55. The maximum atomic E-state index is 12.1. The third-order valence-electron chi connectivity index (χ3n) is 4.73. The zero-order chi connectivity index (χ0) is 17.1. The van der Waals surface area contributed by atoms with Gasteiger partial charge < -0.3 is 19.9 Å². The molecule has 0 spiro atoms. The molecule has 1 aliphatic carbocycles. The van der Waals surface area contributed by atoms with Crippen LogP contribution in [0.4, 0.5) is 4.79 Å². The van der Waals surface area contributed by atoms with E-state index < -0.39 is 23.1 Å². The molecule has 1 unspecified atom stereocenters. The van der Waals surface area contributed by atoms with Gasteiger partial charge in [0.2, 0.25) is 0 Å². The second-order valence-electron chi connectivity index (χ2n) is 7.85. The number of carbonyl (C=O) groups is 2. The second kappa shape index (κ2) is 7.07. The summed E-state index contributed by atoms with van der Waals surface area (Å²) in [4.78, 5) is 24.0. The summed E-state index contributed by atoms with van der Waals surface area (Å²) in [6, 6.07) is 0. The van der Waals surface area contributed by atoms with Crippen LogP contribution in [0.5, 0.6) is 0 Å². The molecule has 1 amide bonds. The Morgan fingerprint density at radius 1 is 1.17 bits per heavy atom. The van der Waals surface area contributed by atoms with Crippen molar-refractivity contribution in [1.82, 2.24) is 5.32 Å². The van der Waals surface area contributed by atoms with Crippen molar-refractivity contribution in [3.8, 4) is 0 Å². The smallest absolute Gasteiger partial charge is 0.407 e. The zero-order valence-corrected chi connectivity index (χ0v) is 14.4. The van der Waals surface area contributed by atoms with Crippen LogP contribution >= 0.6 is 0 Å². The highest BCUT2D eigenvalue weighted by Crippen LogP contribution is 2.50. The lowest BCUT2D eigenvalue weighted by Gasteiger charge is -2.35. The maximum absolute atomic E-state index is 12.1. The molecular formula is C17H29NO5. The molecule has 1 heterocycles. The lowest BCUT2D eigenvalue weighted by atomic mass is 9.73. The molecular weight excluding hydrogens is 298 g/mol. The number of alkyl carbamates (subject to hydrolysis) is 1. The molecule has 1 atom stereocenters. The molecule has 0 radical (unpaired) electrons. The van der Waals surface area contributed by atoms with Gasteiger partial charge in [-0.3, -0.25) is 4.79 Å². The average Bonchev–Trinajstić information content (AvgIpc) is 3.27. The molecule has 6 heteroatoms. The van der Waals surface area contributed by atoms with Crippen LogP contribution in [0.2, 0.25) is 0 Å². The van der Waals surface area contributed by atoms with Crippen molar-refractivity contribution in [3.05, 3.63) is 0 Å². The lowest BCUT2D eigenvalue weighted by molar-refractivity contribution is -0.152. The summed E-state index contributed by atoms with van der Waals surface area (Å²) in [5.74, 6) is -0.304. The molecule has 1 saturated heterocycles. The van der Waals surface area contributed by atoms with Gasteiger partial charge in [-0.25, -0.2) is 4.79 Å². The van der Waals surface area contributed by atoms with Crippen LogP contribution < -0.4 is 5.32 Å². The van der Waals surface area contributed by atoms with E-state index in [2.05, 4.69) is 5.32 Å². The molecule has 0 aromatic rings. The van der Waals surface area contributed by atoms with E-state index in [9.17, 15) is 14.7 Å². The topological polar surface area (TPSA) is 84.9 Å². The first-order chi connectivity index (χ1) is 10.7. The molecule has 1 aliphatic heterocycles. The van der Waals surface area contributed by atoms with Gasteiger partial charge in [0.15, 0.2) is 0 Å². The highest BCUT2D eigenvalue weighted by atomic mass is 16.6. The minimum atomic E-state index is -0.876. The standard InChI is InChI=1S/C17H29NO5/c1-16(2,3)23-15(21)18-11-17(14(19)20,13-4-5-13)10-12-6-8-22-9-7-12/h12-13H,4-11H2,1-3H3,(H,18,21)(H,19,20). The Morgan fingerprint density at radius 3 is 2.26 bits per heavy atom. The molecule has 23 heavy (non-hydrogen) atoms. The van der Waals surface area contributed by atoms with Crippen LogP contribution in [-0.4, -0.2) is 42.5 Å². The molecule has 0 aromatic carbocycles. The third kappa shape index (κ3) is 5.09. The number of ether oxygens (including phenoxy) is 2. The van der Waals surface area contributed by atoms with Crippen molar-refractivity contribution in [2.45, 2.75) is 58.5 Å². The number of hydrogen-bond donors (Lipinski definition) is 2. The predicted molar refractivity (Wildman–Crippen MR) is 85.2 cm³/mol. The van der Waals surface area contributed by atoms with Gasteiger partial charge in [-0.05, 0) is 64.7 Å². The first kappa shape index (κ1) is 18.0. The fourth-order valence-corrected chi connectivity index (χ4v) is 3.37. The Balaban J connectivity index is 2.01. The number of nitrogens with one attached hydrogen (secondary N) is 1. The largest absolute Gasteiger partial charge is 0.481 e. The van der Waals surface area contributed by atoms with Crippen molar-refractivity contribution >= 4 is 12.1 Å². The van der Waals surface area contributed by atoms with E-state index in [-0.39, 0.29) is 12.5 Å². The molecule has 0 bridgehead atoms. The SMILES string of the molecule is CC(C)(C)OC(=O)NCC(CC1CCOCC1)(C(=O)O)C1CC1. The summed E-state index contributed by atoms with van der Waals surface area (Å²) < 4.78 is 10.6. The van der Waals surface area contributed by atoms with Crippen molar-refractivity contribution in [1.29, 1.82) is 0 Å². The van der Waals surface area contributed by atoms with Gasteiger partial charge in [-0.2, -0.15) is 0 Å². The molecule has 132 valence electrons. The Morgan fingerprint density at radius 2 is 1.78 bits per heavy atom. The second-order valence-corrected chi connectivity index (χ2v) is 7.85. The summed E-state index contributed by atoms with van der Waals surface area (Å²) in [7, 11) is 0. The number of hydrogen-bond acceptors (Lipinski definition) is 4. The fourth-order valence-electron chi connectivity index (χ4n) is 3.37. The summed E-state index contributed by atoms with van der Waals surface area (Å²) in [5.41, 5.74) is -1.46. The number of carboxylic acids is 1. The fraction of sp³-hybridized carbons (Fsp3) is 0.882. The number of amides is 1. The maximum Gasteiger partial charge on any atom is 0.407 e. The van der Waals surface area contributed by atoms with Crippen LogP contribution in [0.15, 0.2) is 0 Å². The number of aliphatic carboxylic acids is 1. The lowest BCUT2D eigenvalue weighted by Crippen LogP contribution is -2.47. The molecule has 2 fully saturated rings. The summed E-state index contributed by atoms with van der Waals surface area (Å²) in [5, 5.41) is 12.6. The number of rotatable bonds is 6. The third-order valence-corrected chi connectivity index (χ3v) is 4.73. The highest BCUT2D eigenvalue weighted by Gasteiger charge is 2.52. The van der Waals surface area contributed by atoms with Crippen molar-refractivity contribution < 1.29 is 24.2 Å². The van der Waals surface area contributed by atoms with E-state index in [0.717, 1.165) is 25.7 Å². The van der Waals surface area contributed by atoms with Crippen LogP contribution in [0.1, 0.15) is 52.9 Å².